The van der Waals surface area contributed by atoms with Crippen LogP contribution in [0.5, 0.6) is 5.75 Å². The van der Waals surface area contributed by atoms with Gasteiger partial charge in [0.25, 0.3) is 0 Å². The van der Waals surface area contributed by atoms with Crippen LogP contribution in [-0.2, 0) is 16.6 Å². The minimum atomic E-state index is -4.93. The lowest BCUT2D eigenvalue weighted by atomic mass is 9.77. The second-order valence-corrected chi connectivity index (χ2v) is 10.7. The van der Waals surface area contributed by atoms with Crippen LogP contribution in [0.4, 0.5) is 29.2 Å². The molecule has 4 heterocycles. The third-order valence-electron chi connectivity index (χ3n) is 7.39. The number of benzene rings is 2. The number of amides is 1. The number of carbonyl (C=O) groups excluding carboxylic acids is 1. The molecular formula is C29H22ClF4N7O3. The first-order valence-electron chi connectivity index (χ1n) is 13.1. The Kier molecular flexibility index (Phi) is 7.13. The second-order valence-electron chi connectivity index (χ2n) is 10.3. The van der Waals surface area contributed by atoms with Gasteiger partial charge in [0.2, 0.25) is 5.91 Å². The second kappa shape index (κ2) is 10.7. The van der Waals surface area contributed by atoms with Crippen LogP contribution in [0.3, 0.4) is 0 Å². The zero-order valence-electron chi connectivity index (χ0n) is 22.7. The summed E-state index contributed by atoms with van der Waals surface area (Å²) in [6.07, 6.45) is -2.74. The van der Waals surface area contributed by atoms with E-state index in [0.29, 0.717) is 16.9 Å². The molecule has 0 aliphatic carbocycles. The number of aliphatic hydroxyl groups is 1. The van der Waals surface area contributed by atoms with Crippen LogP contribution in [-0.4, -0.2) is 59.3 Å². The number of nitrogens with zero attached hydrogens (tertiary/aromatic N) is 5. The Labute approximate surface area is 251 Å². The van der Waals surface area contributed by atoms with E-state index in [1.165, 1.54) is 43.5 Å². The number of hydrogen-bond acceptors (Lipinski definition) is 8. The molecule has 44 heavy (non-hydrogen) atoms. The van der Waals surface area contributed by atoms with Crippen molar-refractivity contribution in [3.63, 3.8) is 0 Å². The number of anilines is 2. The van der Waals surface area contributed by atoms with Gasteiger partial charge in [0.05, 0.1) is 22.8 Å². The monoisotopic (exact) mass is 627 g/mol. The standard InChI is InChI=1S/C29H22ClF4N7O3/c1-28(15-5-6-17(30)20(42)11-15)22-24(36-12-21(43)29(32,33)34)38-23(39-25(22)40-27(28)44)19-13-41-8-7-35-26(41)18(37-19)10-14-3-2-4-16(31)9-14/h2-9,11,13,21,42-43H,10,12H2,1H3,(H2,36,38,39,40,44)/t21-,28+/m1/s1. The predicted molar refractivity (Wildman–Crippen MR) is 152 cm³/mol. The van der Waals surface area contributed by atoms with E-state index in [2.05, 4.69) is 30.6 Å². The van der Waals surface area contributed by atoms with Crippen molar-refractivity contribution in [1.82, 2.24) is 24.3 Å². The molecule has 0 bridgehead atoms. The molecule has 1 aliphatic rings. The molecule has 226 valence electrons. The van der Waals surface area contributed by atoms with E-state index in [4.69, 9.17) is 11.6 Å². The zero-order valence-corrected chi connectivity index (χ0v) is 23.4. The number of alkyl halides is 3. The number of aliphatic hydroxyl groups excluding tert-OH is 1. The molecule has 0 unspecified atom stereocenters. The maximum atomic E-state index is 13.9. The highest BCUT2D eigenvalue weighted by Gasteiger charge is 2.48. The van der Waals surface area contributed by atoms with E-state index in [1.54, 1.807) is 28.9 Å². The maximum Gasteiger partial charge on any atom is 0.416 e. The Bertz CT molecular complexity index is 1930. The number of carbonyl (C=O) groups is 1. The molecule has 1 amide bonds. The van der Waals surface area contributed by atoms with Crippen molar-refractivity contribution in [1.29, 1.82) is 0 Å². The molecule has 6 rings (SSSR count). The Balaban J connectivity index is 1.50. The number of phenols is 1. The summed E-state index contributed by atoms with van der Waals surface area (Å²) in [7, 11) is 0. The predicted octanol–water partition coefficient (Wildman–Crippen LogP) is 4.87. The topological polar surface area (TPSA) is 138 Å². The summed E-state index contributed by atoms with van der Waals surface area (Å²) in [6, 6.07) is 10.1. The zero-order chi connectivity index (χ0) is 31.4. The van der Waals surface area contributed by atoms with E-state index < -0.39 is 36.0 Å². The number of aromatic hydroxyl groups is 1. The number of rotatable bonds is 7. The molecule has 10 nitrogen and oxygen atoms in total. The summed E-state index contributed by atoms with van der Waals surface area (Å²) in [4.78, 5) is 31.4. The molecule has 5 aromatic rings. The average Bonchev–Trinajstić information content (AvgIpc) is 3.55. The first kappa shape index (κ1) is 29.3. The van der Waals surface area contributed by atoms with Gasteiger partial charge in [-0.25, -0.2) is 24.3 Å². The van der Waals surface area contributed by atoms with Crippen LogP contribution in [0.2, 0.25) is 5.02 Å². The van der Waals surface area contributed by atoms with Crippen molar-refractivity contribution >= 4 is 34.8 Å². The fourth-order valence-corrected chi connectivity index (χ4v) is 5.20. The van der Waals surface area contributed by atoms with Gasteiger partial charge in [0, 0.05) is 25.0 Å². The third kappa shape index (κ3) is 5.15. The SMILES string of the molecule is C[C@@]1(c2ccc(Cl)c(O)c2)C(=O)Nc2nc(-c3cn4ccnc4c(Cc4cccc(F)c4)n3)nc(NC[C@@H](O)C(F)(F)F)c21. The fourth-order valence-electron chi connectivity index (χ4n) is 5.08. The van der Waals surface area contributed by atoms with Crippen molar-refractivity contribution in [3.8, 4) is 17.3 Å². The van der Waals surface area contributed by atoms with Gasteiger partial charge in [-0.3, -0.25) is 4.79 Å². The third-order valence-corrected chi connectivity index (χ3v) is 7.71. The summed E-state index contributed by atoms with van der Waals surface area (Å²) in [5.41, 5.74) is 0.492. The fraction of sp³-hybridized carbons (Fsp3) is 0.207. The van der Waals surface area contributed by atoms with Crippen molar-refractivity contribution < 1.29 is 32.6 Å². The number of imidazole rings is 1. The highest BCUT2D eigenvalue weighted by atomic mass is 35.5. The molecule has 0 fully saturated rings. The lowest BCUT2D eigenvalue weighted by Gasteiger charge is -2.25. The number of halogens is 5. The highest BCUT2D eigenvalue weighted by molar-refractivity contribution is 6.32. The molecule has 0 radical (unpaired) electrons. The number of fused-ring (bicyclic) bond motifs is 2. The number of hydrogen-bond donors (Lipinski definition) is 4. The number of nitrogens with one attached hydrogen (secondary N) is 2. The van der Waals surface area contributed by atoms with Crippen molar-refractivity contribution in [3.05, 3.63) is 94.3 Å². The van der Waals surface area contributed by atoms with E-state index in [1.807, 2.05) is 0 Å². The van der Waals surface area contributed by atoms with Gasteiger partial charge in [-0.1, -0.05) is 29.8 Å². The molecular weight excluding hydrogens is 606 g/mol. The molecule has 2 aromatic carbocycles. The lowest BCUT2D eigenvalue weighted by molar-refractivity contribution is -0.198. The highest BCUT2D eigenvalue weighted by Crippen LogP contribution is 2.47. The first-order valence-corrected chi connectivity index (χ1v) is 13.5. The quantitative estimate of drug-likeness (QED) is 0.188. The van der Waals surface area contributed by atoms with Gasteiger partial charge < -0.3 is 25.2 Å². The van der Waals surface area contributed by atoms with Crippen molar-refractivity contribution in [2.75, 3.05) is 17.2 Å². The molecule has 0 saturated carbocycles. The van der Waals surface area contributed by atoms with Crippen LogP contribution in [0.15, 0.2) is 61.1 Å². The summed E-state index contributed by atoms with van der Waals surface area (Å²) < 4.78 is 55.2. The maximum absolute atomic E-state index is 13.9. The minimum absolute atomic E-state index is 0.0138. The largest absolute Gasteiger partial charge is 0.506 e. The number of phenolic OH excluding ortho intramolecular Hbond substituents is 1. The summed E-state index contributed by atoms with van der Waals surface area (Å²) in [5.74, 6) is -1.58. The van der Waals surface area contributed by atoms with E-state index >= 15 is 0 Å². The molecule has 3 aromatic heterocycles. The molecule has 4 N–H and O–H groups in total. The van der Waals surface area contributed by atoms with Gasteiger partial charge in [-0.05, 0) is 42.3 Å². The molecule has 1 aliphatic heterocycles. The Morgan fingerprint density at radius 2 is 1.95 bits per heavy atom. The first-order chi connectivity index (χ1) is 20.8. The van der Waals surface area contributed by atoms with Gasteiger partial charge in [0.15, 0.2) is 17.6 Å². The smallest absolute Gasteiger partial charge is 0.416 e. The van der Waals surface area contributed by atoms with Crippen molar-refractivity contribution in [2.24, 2.45) is 0 Å². The summed E-state index contributed by atoms with van der Waals surface area (Å²) in [5, 5.41) is 25.2. The van der Waals surface area contributed by atoms with E-state index in [9.17, 15) is 32.6 Å². The van der Waals surface area contributed by atoms with Crippen LogP contribution >= 0.6 is 11.6 Å². The van der Waals surface area contributed by atoms with E-state index in [-0.39, 0.29) is 51.5 Å². The average molecular weight is 628 g/mol. The molecule has 0 spiro atoms. The molecule has 2 atom stereocenters. The minimum Gasteiger partial charge on any atom is -0.506 e. The number of aromatic nitrogens is 5. The molecule has 0 saturated heterocycles. The van der Waals surface area contributed by atoms with Crippen LogP contribution in [0.25, 0.3) is 17.2 Å². The Hall–Kier alpha value is -4.82. The van der Waals surface area contributed by atoms with Gasteiger partial charge in [-0.2, -0.15) is 13.2 Å². The molecule has 15 heteroatoms. The Morgan fingerprint density at radius 3 is 2.68 bits per heavy atom. The Morgan fingerprint density at radius 1 is 1.16 bits per heavy atom. The summed E-state index contributed by atoms with van der Waals surface area (Å²) in [6.45, 7) is 0.513. The van der Waals surface area contributed by atoms with Gasteiger partial charge in [-0.15, -0.1) is 0 Å². The van der Waals surface area contributed by atoms with E-state index in [0.717, 1.165) is 0 Å². The van der Waals surface area contributed by atoms with Gasteiger partial charge >= 0.3 is 6.18 Å². The van der Waals surface area contributed by atoms with Crippen LogP contribution in [0, 0.1) is 5.82 Å². The van der Waals surface area contributed by atoms with Crippen LogP contribution < -0.4 is 10.6 Å². The lowest BCUT2D eigenvalue weighted by Crippen LogP contribution is -2.36. The van der Waals surface area contributed by atoms with Crippen molar-refractivity contribution in [2.45, 2.75) is 31.0 Å². The van der Waals surface area contributed by atoms with Crippen LogP contribution in [0.1, 0.15) is 29.3 Å². The van der Waals surface area contributed by atoms with Gasteiger partial charge in [0.1, 0.15) is 34.3 Å². The normalized spacial score (nSPS) is 17.0. The summed E-state index contributed by atoms with van der Waals surface area (Å²) >= 11 is 5.97.